The van der Waals surface area contributed by atoms with E-state index in [1.807, 2.05) is 124 Å². The van der Waals surface area contributed by atoms with Crippen molar-refractivity contribution in [3.63, 3.8) is 0 Å². The third-order valence-electron chi connectivity index (χ3n) is 7.18. The SMILES string of the molecule is CCOc1cc(-c2cc(-c3ccccc3)nc(SCC(=O)Nc3cccc(C)c3C)c2C#N)ccc1OCc1ccccc1. The average molecular weight is 600 g/mol. The number of benzene rings is 4. The summed E-state index contributed by atoms with van der Waals surface area (Å²) in [4.78, 5) is 17.9. The van der Waals surface area contributed by atoms with E-state index in [1.54, 1.807) is 0 Å². The number of ether oxygens (including phenoxy) is 2. The van der Waals surface area contributed by atoms with Crippen LogP contribution in [0.2, 0.25) is 0 Å². The van der Waals surface area contributed by atoms with Crippen LogP contribution < -0.4 is 14.8 Å². The molecule has 0 saturated carbocycles. The number of carbonyl (C=O) groups is 1. The van der Waals surface area contributed by atoms with Crippen molar-refractivity contribution in [3.05, 3.63) is 125 Å². The number of pyridine rings is 1. The average Bonchev–Trinajstić information content (AvgIpc) is 3.06. The zero-order chi connectivity index (χ0) is 30.9. The summed E-state index contributed by atoms with van der Waals surface area (Å²) in [7, 11) is 0. The van der Waals surface area contributed by atoms with Crippen molar-refractivity contribution < 1.29 is 14.3 Å². The summed E-state index contributed by atoms with van der Waals surface area (Å²) in [6.45, 7) is 6.78. The molecule has 1 N–H and O–H groups in total. The summed E-state index contributed by atoms with van der Waals surface area (Å²) in [5.41, 5.74) is 7.47. The van der Waals surface area contributed by atoms with Gasteiger partial charge in [-0.25, -0.2) is 4.98 Å². The molecule has 44 heavy (non-hydrogen) atoms. The van der Waals surface area contributed by atoms with E-state index in [0.29, 0.717) is 46.6 Å². The highest BCUT2D eigenvalue weighted by Crippen LogP contribution is 2.38. The molecule has 0 aliphatic carbocycles. The Bertz CT molecular complexity index is 1800. The number of anilines is 1. The van der Waals surface area contributed by atoms with E-state index in [4.69, 9.17) is 14.5 Å². The molecule has 5 aromatic rings. The van der Waals surface area contributed by atoms with Gasteiger partial charge in [-0.15, -0.1) is 0 Å². The van der Waals surface area contributed by atoms with Crippen molar-refractivity contribution in [1.82, 2.24) is 4.98 Å². The van der Waals surface area contributed by atoms with E-state index >= 15 is 0 Å². The van der Waals surface area contributed by atoms with E-state index in [9.17, 15) is 10.1 Å². The van der Waals surface area contributed by atoms with Gasteiger partial charge in [-0.3, -0.25) is 4.79 Å². The molecule has 5 rings (SSSR count). The minimum absolute atomic E-state index is 0.100. The minimum Gasteiger partial charge on any atom is -0.490 e. The standard InChI is InChI=1S/C37H33N3O3S/c1-4-42-35-20-29(18-19-34(35)43-23-27-13-7-5-8-14-27)30-21-33(28-15-9-6-10-16-28)40-37(31(30)22-38)44-24-36(41)39-32-17-11-12-25(2)26(32)3/h5-21H,4,23-24H2,1-3H3,(H,39,41). The quantitative estimate of drug-likeness (QED) is 0.153. The molecule has 1 heterocycles. The Morgan fingerprint density at radius 2 is 1.61 bits per heavy atom. The lowest BCUT2D eigenvalue weighted by Gasteiger charge is -2.16. The lowest BCUT2D eigenvalue weighted by atomic mass is 9.99. The Kier molecular flexibility index (Phi) is 9.96. The van der Waals surface area contributed by atoms with E-state index in [1.165, 1.54) is 11.8 Å². The first-order valence-electron chi connectivity index (χ1n) is 14.4. The summed E-state index contributed by atoms with van der Waals surface area (Å²) in [5, 5.41) is 13.9. The van der Waals surface area contributed by atoms with E-state index in [0.717, 1.165) is 33.5 Å². The smallest absolute Gasteiger partial charge is 0.234 e. The Labute approximate surface area is 262 Å². The van der Waals surface area contributed by atoms with Gasteiger partial charge in [0, 0.05) is 16.8 Å². The second kappa shape index (κ2) is 14.4. The number of nitrogens with zero attached hydrogens (tertiary/aromatic N) is 2. The van der Waals surface area contributed by atoms with E-state index in [-0.39, 0.29) is 11.7 Å². The summed E-state index contributed by atoms with van der Waals surface area (Å²) in [6, 6.07) is 35.6. The van der Waals surface area contributed by atoms with Crippen LogP contribution in [0.4, 0.5) is 5.69 Å². The number of hydrogen-bond donors (Lipinski definition) is 1. The minimum atomic E-state index is -0.167. The first kappa shape index (κ1) is 30.4. The highest BCUT2D eigenvalue weighted by atomic mass is 32.2. The van der Waals surface area contributed by atoms with Crippen LogP contribution in [0.3, 0.4) is 0 Å². The third-order valence-corrected chi connectivity index (χ3v) is 8.15. The molecule has 6 nitrogen and oxygen atoms in total. The van der Waals surface area contributed by atoms with Crippen LogP contribution in [0.25, 0.3) is 22.4 Å². The van der Waals surface area contributed by atoms with Gasteiger partial charge in [0.15, 0.2) is 11.5 Å². The molecule has 1 amide bonds. The second-order valence-electron chi connectivity index (χ2n) is 10.2. The molecule has 1 aromatic heterocycles. The van der Waals surface area contributed by atoms with Gasteiger partial charge in [0.05, 0.1) is 23.6 Å². The maximum absolute atomic E-state index is 13.0. The number of thioether (sulfide) groups is 1. The highest BCUT2D eigenvalue weighted by molar-refractivity contribution is 8.00. The molecule has 7 heteroatoms. The molecule has 0 bridgehead atoms. The first-order valence-corrected chi connectivity index (χ1v) is 15.4. The van der Waals surface area contributed by atoms with Crippen molar-refractivity contribution in [2.24, 2.45) is 0 Å². The molecular formula is C37H33N3O3S. The fourth-order valence-corrected chi connectivity index (χ4v) is 5.53. The summed E-state index contributed by atoms with van der Waals surface area (Å²) >= 11 is 1.25. The Hall–Kier alpha value is -5.06. The molecule has 0 saturated heterocycles. The highest BCUT2D eigenvalue weighted by Gasteiger charge is 2.19. The third kappa shape index (κ3) is 7.28. The largest absolute Gasteiger partial charge is 0.490 e. The Morgan fingerprint density at radius 1 is 0.864 bits per heavy atom. The fourth-order valence-electron chi connectivity index (χ4n) is 4.72. The predicted molar refractivity (Wildman–Crippen MR) is 177 cm³/mol. The van der Waals surface area contributed by atoms with E-state index < -0.39 is 0 Å². The van der Waals surface area contributed by atoms with Gasteiger partial charge in [-0.1, -0.05) is 90.6 Å². The molecule has 0 radical (unpaired) electrons. The maximum atomic E-state index is 13.0. The van der Waals surface area contributed by atoms with Crippen molar-refractivity contribution in [2.45, 2.75) is 32.4 Å². The van der Waals surface area contributed by atoms with Crippen molar-refractivity contribution in [3.8, 4) is 40.0 Å². The van der Waals surface area contributed by atoms with Gasteiger partial charge in [0.2, 0.25) is 5.91 Å². The van der Waals surface area contributed by atoms with Gasteiger partial charge in [0.1, 0.15) is 17.7 Å². The molecule has 0 unspecified atom stereocenters. The summed E-state index contributed by atoms with van der Waals surface area (Å²) in [5.74, 6) is 1.14. The van der Waals surface area contributed by atoms with Crippen LogP contribution in [0.1, 0.15) is 29.2 Å². The Balaban J connectivity index is 1.49. The number of nitrogens with one attached hydrogen (secondary N) is 1. The van der Waals surface area contributed by atoms with E-state index in [2.05, 4.69) is 11.4 Å². The molecule has 4 aromatic carbocycles. The molecule has 0 spiro atoms. The number of nitriles is 1. The number of aryl methyl sites for hydroxylation is 1. The van der Waals surface area contributed by atoms with Crippen LogP contribution in [-0.2, 0) is 11.4 Å². The molecule has 0 aliphatic rings. The molecule has 220 valence electrons. The summed E-state index contributed by atoms with van der Waals surface area (Å²) in [6.07, 6.45) is 0. The van der Waals surface area contributed by atoms with Crippen LogP contribution in [0.15, 0.2) is 108 Å². The monoisotopic (exact) mass is 599 g/mol. The predicted octanol–water partition coefficient (Wildman–Crippen LogP) is 8.61. The normalized spacial score (nSPS) is 10.6. The Morgan fingerprint density at radius 3 is 2.34 bits per heavy atom. The zero-order valence-corrected chi connectivity index (χ0v) is 25.8. The van der Waals surface area contributed by atoms with Crippen molar-refractivity contribution in [2.75, 3.05) is 17.7 Å². The number of hydrogen-bond acceptors (Lipinski definition) is 6. The number of aromatic nitrogens is 1. The maximum Gasteiger partial charge on any atom is 0.234 e. The van der Waals surface area contributed by atoms with Crippen LogP contribution in [0, 0.1) is 25.2 Å². The van der Waals surface area contributed by atoms with Gasteiger partial charge < -0.3 is 14.8 Å². The lowest BCUT2D eigenvalue weighted by molar-refractivity contribution is -0.113. The van der Waals surface area contributed by atoms with Gasteiger partial charge in [-0.05, 0) is 67.3 Å². The van der Waals surface area contributed by atoms with Crippen LogP contribution >= 0.6 is 11.8 Å². The second-order valence-corrected chi connectivity index (χ2v) is 11.1. The van der Waals surface area contributed by atoms with Crippen LogP contribution in [-0.4, -0.2) is 23.3 Å². The van der Waals surface area contributed by atoms with Gasteiger partial charge in [0.25, 0.3) is 0 Å². The van der Waals surface area contributed by atoms with Gasteiger partial charge >= 0.3 is 0 Å². The molecule has 0 aliphatic heterocycles. The lowest BCUT2D eigenvalue weighted by Crippen LogP contribution is -2.15. The van der Waals surface area contributed by atoms with Gasteiger partial charge in [-0.2, -0.15) is 5.26 Å². The molecular weight excluding hydrogens is 566 g/mol. The number of rotatable bonds is 11. The topological polar surface area (TPSA) is 84.2 Å². The molecule has 0 fully saturated rings. The van der Waals surface area contributed by atoms with Crippen LogP contribution in [0.5, 0.6) is 11.5 Å². The zero-order valence-electron chi connectivity index (χ0n) is 25.0. The number of amides is 1. The fraction of sp³-hybridized carbons (Fsp3) is 0.162. The summed E-state index contributed by atoms with van der Waals surface area (Å²) < 4.78 is 12.1. The molecule has 0 atom stereocenters. The number of carbonyl (C=O) groups excluding carboxylic acids is 1. The van der Waals surface area contributed by atoms with Crippen molar-refractivity contribution >= 4 is 23.4 Å². The first-order chi connectivity index (χ1) is 21.5. The van der Waals surface area contributed by atoms with Crippen molar-refractivity contribution in [1.29, 1.82) is 5.26 Å².